The quantitative estimate of drug-likeness (QED) is 0.623. The third-order valence-corrected chi connectivity index (χ3v) is 4.75. The Labute approximate surface area is 158 Å². The summed E-state index contributed by atoms with van der Waals surface area (Å²) in [6, 6.07) is 3.60. The summed E-state index contributed by atoms with van der Waals surface area (Å²) in [5, 5.41) is 2.65. The number of anilines is 1. The molecule has 0 aromatic heterocycles. The van der Waals surface area contributed by atoms with E-state index in [1.165, 1.54) is 12.1 Å². The van der Waals surface area contributed by atoms with Crippen molar-refractivity contribution in [1.82, 2.24) is 0 Å². The van der Waals surface area contributed by atoms with Gasteiger partial charge in [0.1, 0.15) is 11.4 Å². The highest BCUT2D eigenvalue weighted by Gasteiger charge is 2.40. The Morgan fingerprint density at radius 3 is 2.37 bits per heavy atom. The predicted octanol–water partition coefficient (Wildman–Crippen LogP) is 5.56. The van der Waals surface area contributed by atoms with Gasteiger partial charge in [0.25, 0.3) is 5.91 Å². The van der Waals surface area contributed by atoms with Crippen molar-refractivity contribution in [3.8, 4) is 5.75 Å². The molecule has 1 N–H and O–H groups in total. The van der Waals surface area contributed by atoms with Crippen LogP contribution in [-0.2, 0) is 15.7 Å². The molecule has 1 aliphatic rings. The van der Waals surface area contributed by atoms with Crippen LogP contribution in [0, 0.1) is 0 Å². The highest BCUT2D eigenvalue weighted by Crippen LogP contribution is 2.38. The number of hydrogen-bond acceptors (Lipinski definition) is 3. The lowest BCUT2D eigenvalue weighted by Crippen LogP contribution is -2.45. The lowest BCUT2D eigenvalue weighted by atomic mass is 9.92. The van der Waals surface area contributed by atoms with Crippen LogP contribution in [-0.4, -0.2) is 24.7 Å². The van der Waals surface area contributed by atoms with Gasteiger partial charge in [0, 0.05) is 12.3 Å². The molecule has 0 saturated heterocycles. The average Bonchev–Trinajstić information content (AvgIpc) is 2.87. The van der Waals surface area contributed by atoms with Gasteiger partial charge in [0.05, 0.1) is 12.2 Å². The van der Waals surface area contributed by atoms with Gasteiger partial charge >= 0.3 is 6.18 Å². The normalized spacial score (nSPS) is 17.2. The van der Waals surface area contributed by atoms with E-state index in [1.54, 1.807) is 6.92 Å². The fraction of sp³-hybridized carbons (Fsp3) is 0.650. The number of ether oxygens (including phenoxy) is 2. The Balaban J connectivity index is 2.26. The number of amides is 1. The van der Waals surface area contributed by atoms with E-state index in [1.807, 2.05) is 6.92 Å². The maximum Gasteiger partial charge on any atom is 0.420 e. The fourth-order valence-electron chi connectivity index (χ4n) is 3.39. The molecule has 1 fully saturated rings. The topological polar surface area (TPSA) is 47.6 Å². The van der Waals surface area contributed by atoms with Crippen LogP contribution in [0.5, 0.6) is 5.75 Å². The van der Waals surface area contributed by atoms with E-state index in [0.717, 1.165) is 38.2 Å². The Kier molecular flexibility index (Phi) is 7.53. The second kappa shape index (κ2) is 9.44. The minimum Gasteiger partial charge on any atom is -0.493 e. The van der Waals surface area contributed by atoms with Gasteiger partial charge in [-0.15, -0.1) is 0 Å². The first-order chi connectivity index (χ1) is 12.8. The molecule has 152 valence electrons. The van der Waals surface area contributed by atoms with Crippen LogP contribution in [0.3, 0.4) is 0 Å². The van der Waals surface area contributed by atoms with Crippen LogP contribution in [0.25, 0.3) is 0 Å². The summed E-state index contributed by atoms with van der Waals surface area (Å²) >= 11 is 0. The molecule has 0 aliphatic heterocycles. The molecule has 1 saturated carbocycles. The van der Waals surface area contributed by atoms with Gasteiger partial charge in [0.2, 0.25) is 0 Å². The molecule has 1 amide bonds. The van der Waals surface area contributed by atoms with Crippen LogP contribution in [0.4, 0.5) is 18.9 Å². The molecular formula is C20H28F3NO3. The third-order valence-electron chi connectivity index (χ3n) is 4.75. The van der Waals surface area contributed by atoms with Crippen molar-refractivity contribution in [3.05, 3.63) is 23.8 Å². The summed E-state index contributed by atoms with van der Waals surface area (Å²) in [6.07, 6.45) is 1.18. The lowest BCUT2D eigenvalue weighted by Gasteiger charge is -2.31. The molecule has 1 aliphatic carbocycles. The minimum atomic E-state index is -4.57. The summed E-state index contributed by atoms with van der Waals surface area (Å²) in [7, 11) is 0. The highest BCUT2D eigenvalue weighted by molar-refractivity contribution is 5.97. The molecule has 0 atom stereocenters. The predicted molar refractivity (Wildman–Crippen MR) is 97.9 cm³/mol. The van der Waals surface area contributed by atoms with E-state index in [-0.39, 0.29) is 24.0 Å². The molecule has 27 heavy (non-hydrogen) atoms. The van der Waals surface area contributed by atoms with Crippen molar-refractivity contribution in [3.63, 3.8) is 0 Å². The van der Waals surface area contributed by atoms with Crippen molar-refractivity contribution < 1.29 is 27.4 Å². The molecular weight excluding hydrogens is 359 g/mol. The summed E-state index contributed by atoms with van der Waals surface area (Å²) in [6.45, 7) is 4.16. The average molecular weight is 387 g/mol. The van der Waals surface area contributed by atoms with E-state index in [9.17, 15) is 18.0 Å². The molecule has 2 rings (SSSR count). The Morgan fingerprint density at radius 1 is 1.15 bits per heavy atom. The number of halogens is 3. The molecule has 7 heteroatoms. The first-order valence-electron chi connectivity index (χ1n) is 9.62. The minimum absolute atomic E-state index is 0.0968. The van der Waals surface area contributed by atoms with E-state index < -0.39 is 17.3 Å². The first kappa shape index (κ1) is 21.5. The molecule has 1 aromatic rings. The zero-order chi connectivity index (χ0) is 19.9. The van der Waals surface area contributed by atoms with Crippen LogP contribution >= 0.6 is 0 Å². The number of alkyl halides is 3. The number of rotatable bonds is 7. The summed E-state index contributed by atoms with van der Waals surface area (Å²) < 4.78 is 51.0. The van der Waals surface area contributed by atoms with Crippen molar-refractivity contribution in [2.45, 2.75) is 70.6 Å². The van der Waals surface area contributed by atoms with Crippen LogP contribution in [0.1, 0.15) is 64.4 Å². The maximum absolute atomic E-state index is 13.3. The number of carbonyl (C=O) groups excluding carboxylic acids is 1. The van der Waals surface area contributed by atoms with E-state index >= 15 is 0 Å². The lowest BCUT2D eigenvalue weighted by molar-refractivity contribution is -0.144. The van der Waals surface area contributed by atoms with Gasteiger partial charge in [-0.25, -0.2) is 0 Å². The largest absolute Gasteiger partial charge is 0.493 e. The van der Waals surface area contributed by atoms with Crippen molar-refractivity contribution in [1.29, 1.82) is 0 Å². The van der Waals surface area contributed by atoms with E-state index in [0.29, 0.717) is 19.4 Å². The van der Waals surface area contributed by atoms with E-state index in [4.69, 9.17) is 9.47 Å². The Morgan fingerprint density at radius 2 is 1.81 bits per heavy atom. The monoisotopic (exact) mass is 387 g/mol. The molecule has 4 nitrogen and oxygen atoms in total. The second-order valence-corrected chi connectivity index (χ2v) is 6.85. The molecule has 0 unspecified atom stereocenters. The van der Waals surface area contributed by atoms with Gasteiger partial charge in [-0.3, -0.25) is 4.79 Å². The molecule has 0 radical (unpaired) electrons. The summed E-state index contributed by atoms with van der Waals surface area (Å²) in [5.41, 5.74) is -1.77. The zero-order valence-corrected chi connectivity index (χ0v) is 16.0. The van der Waals surface area contributed by atoms with Gasteiger partial charge < -0.3 is 14.8 Å². The van der Waals surface area contributed by atoms with Crippen molar-refractivity contribution >= 4 is 11.6 Å². The molecule has 0 spiro atoms. The van der Waals surface area contributed by atoms with Gasteiger partial charge in [0.15, 0.2) is 0 Å². The number of benzene rings is 1. The number of nitrogens with one attached hydrogen (secondary N) is 1. The van der Waals surface area contributed by atoms with Gasteiger partial charge in [-0.1, -0.05) is 32.6 Å². The standard InChI is InChI=1S/C20H28F3NO3/c1-3-13-27-19(11-7-5-6-8-12-19)18(25)24-15-9-10-17(26-4-2)16(14-15)20(21,22)23/h9-10,14H,3-8,11-13H2,1-2H3,(H,24,25). The van der Waals surface area contributed by atoms with E-state index in [2.05, 4.69) is 5.32 Å². The first-order valence-corrected chi connectivity index (χ1v) is 9.62. The van der Waals surface area contributed by atoms with Crippen molar-refractivity contribution in [2.24, 2.45) is 0 Å². The molecule has 0 bridgehead atoms. The SMILES string of the molecule is CCCOC1(C(=O)Nc2ccc(OCC)c(C(F)(F)F)c2)CCCCCC1. The van der Waals surface area contributed by atoms with Crippen LogP contribution in [0.2, 0.25) is 0 Å². The Bertz CT molecular complexity index is 623. The second-order valence-electron chi connectivity index (χ2n) is 6.85. The van der Waals surface area contributed by atoms with Crippen molar-refractivity contribution in [2.75, 3.05) is 18.5 Å². The number of carbonyl (C=O) groups is 1. The molecule has 1 aromatic carbocycles. The van der Waals surface area contributed by atoms with Gasteiger partial charge in [-0.2, -0.15) is 13.2 Å². The smallest absolute Gasteiger partial charge is 0.420 e. The fourth-order valence-corrected chi connectivity index (χ4v) is 3.39. The highest BCUT2D eigenvalue weighted by atomic mass is 19.4. The Hall–Kier alpha value is -1.76. The summed E-state index contributed by atoms with van der Waals surface area (Å²) in [4.78, 5) is 13.0. The third kappa shape index (κ3) is 5.61. The van der Waals surface area contributed by atoms with Crippen LogP contribution in [0.15, 0.2) is 18.2 Å². The maximum atomic E-state index is 13.3. The van der Waals surface area contributed by atoms with Gasteiger partial charge in [-0.05, 0) is 44.4 Å². The summed E-state index contributed by atoms with van der Waals surface area (Å²) in [5.74, 6) is -0.607. The number of hydrogen-bond donors (Lipinski definition) is 1. The van der Waals surface area contributed by atoms with Crippen LogP contribution < -0.4 is 10.1 Å². The molecule has 0 heterocycles. The zero-order valence-electron chi connectivity index (χ0n) is 16.0.